The molecule has 1 aromatic rings. The van der Waals surface area contributed by atoms with Crippen molar-refractivity contribution in [3.63, 3.8) is 0 Å². The first-order valence-corrected chi connectivity index (χ1v) is 9.94. The van der Waals surface area contributed by atoms with Gasteiger partial charge in [-0.25, -0.2) is 0 Å². The highest BCUT2D eigenvalue weighted by atomic mass is 16.3. The maximum Gasteiger partial charge on any atom is 0.227 e. The molecule has 3 heterocycles. The van der Waals surface area contributed by atoms with Gasteiger partial charge in [0.1, 0.15) is 0 Å². The molecule has 0 radical (unpaired) electrons. The van der Waals surface area contributed by atoms with Gasteiger partial charge in [-0.1, -0.05) is 44.2 Å². The SMILES string of the molecule is CC(C)CN1C[C@@H]2C[C@@H](O)CN2C2(C1)CN(C(=O)Cc1ccccc1)C2. The first-order chi connectivity index (χ1) is 12.4. The van der Waals surface area contributed by atoms with Gasteiger partial charge in [0.25, 0.3) is 0 Å². The smallest absolute Gasteiger partial charge is 0.227 e. The molecule has 4 rings (SSSR count). The molecule has 26 heavy (non-hydrogen) atoms. The third-order valence-electron chi connectivity index (χ3n) is 6.13. The maximum atomic E-state index is 12.7. The summed E-state index contributed by atoms with van der Waals surface area (Å²) in [5.74, 6) is 0.861. The summed E-state index contributed by atoms with van der Waals surface area (Å²) >= 11 is 0. The van der Waals surface area contributed by atoms with E-state index in [-0.39, 0.29) is 17.6 Å². The number of rotatable bonds is 4. The standard InChI is InChI=1S/C21H31N3O2/c1-16(2)10-22-11-18-9-19(25)12-24(18)21(13-22)14-23(15-21)20(26)8-17-6-4-3-5-7-17/h3-7,16,18-19,25H,8-15H2,1-2H3/t18-,19+/m0/s1. The van der Waals surface area contributed by atoms with Gasteiger partial charge in [-0.3, -0.25) is 14.6 Å². The lowest BCUT2D eigenvalue weighted by atomic mass is 9.83. The second kappa shape index (κ2) is 6.95. The van der Waals surface area contributed by atoms with Gasteiger partial charge in [0.05, 0.1) is 18.1 Å². The molecule has 0 saturated carbocycles. The van der Waals surface area contributed by atoms with E-state index in [1.54, 1.807) is 0 Å². The molecule has 3 aliphatic rings. The highest BCUT2D eigenvalue weighted by Crippen LogP contribution is 2.39. The minimum absolute atomic E-state index is 0.0433. The number of aliphatic hydroxyl groups is 1. The Morgan fingerprint density at radius 1 is 1.19 bits per heavy atom. The molecule has 1 aromatic carbocycles. The number of hydrogen-bond donors (Lipinski definition) is 1. The summed E-state index contributed by atoms with van der Waals surface area (Å²) in [6, 6.07) is 10.4. The van der Waals surface area contributed by atoms with E-state index in [0.717, 1.165) is 51.3 Å². The second-order valence-electron chi connectivity index (χ2n) is 8.92. The van der Waals surface area contributed by atoms with Crippen molar-refractivity contribution in [3.8, 4) is 0 Å². The zero-order valence-corrected chi connectivity index (χ0v) is 16.0. The Hall–Kier alpha value is -1.43. The van der Waals surface area contributed by atoms with E-state index in [9.17, 15) is 9.90 Å². The molecule has 2 atom stereocenters. The van der Waals surface area contributed by atoms with Crippen LogP contribution in [0.3, 0.4) is 0 Å². The Bertz CT molecular complexity index is 642. The van der Waals surface area contributed by atoms with E-state index in [1.165, 1.54) is 0 Å². The third kappa shape index (κ3) is 3.40. The summed E-state index contributed by atoms with van der Waals surface area (Å²) in [4.78, 5) is 19.8. The number of carbonyl (C=O) groups excluding carboxylic acids is 1. The summed E-state index contributed by atoms with van der Waals surface area (Å²) in [7, 11) is 0. The van der Waals surface area contributed by atoms with Gasteiger partial charge in [0.15, 0.2) is 0 Å². The van der Waals surface area contributed by atoms with Gasteiger partial charge in [0.2, 0.25) is 5.91 Å². The monoisotopic (exact) mass is 357 g/mol. The highest BCUT2D eigenvalue weighted by molar-refractivity contribution is 5.80. The van der Waals surface area contributed by atoms with Crippen molar-refractivity contribution in [1.29, 1.82) is 0 Å². The minimum Gasteiger partial charge on any atom is -0.392 e. The Kier molecular flexibility index (Phi) is 4.80. The van der Waals surface area contributed by atoms with Crippen LogP contribution in [0.1, 0.15) is 25.8 Å². The normalized spacial score (nSPS) is 28.4. The number of hydrogen-bond acceptors (Lipinski definition) is 4. The summed E-state index contributed by atoms with van der Waals surface area (Å²) in [6.45, 7) is 10.1. The van der Waals surface area contributed by atoms with Gasteiger partial charge in [0, 0.05) is 45.3 Å². The number of aliphatic hydroxyl groups excluding tert-OH is 1. The van der Waals surface area contributed by atoms with E-state index < -0.39 is 0 Å². The Morgan fingerprint density at radius 2 is 1.92 bits per heavy atom. The quantitative estimate of drug-likeness (QED) is 0.880. The number of piperazine rings is 1. The van der Waals surface area contributed by atoms with Gasteiger partial charge in [-0.15, -0.1) is 0 Å². The molecular formula is C21H31N3O2. The number of likely N-dealkylation sites (tertiary alicyclic amines) is 1. The van der Waals surface area contributed by atoms with Crippen LogP contribution in [0.25, 0.3) is 0 Å². The number of amides is 1. The van der Waals surface area contributed by atoms with Crippen LogP contribution in [0.15, 0.2) is 30.3 Å². The summed E-state index contributed by atoms with van der Waals surface area (Å²) in [5, 5.41) is 10.2. The van der Waals surface area contributed by atoms with Crippen LogP contribution in [-0.2, 0) is 11.2 Å². The summed E-state index contributed by atoms with van der Waals surface area (Å²) in [5.41, 5.74) is 1.12. The van der Waals surface area contributed by atoms with Gasteiger partial charge >= 0.3 is 0 Å². The number of β-amino-alcohol motifs (C(OH)–C–C–N with tert-alkyl or cyclic N) is 1. The van der Waals surface area contributed by atoms with Crippen molar-refractivity contribution in [1.82, 2.24) is 14.7 Å². The Morgan fingerprint density at radius 3 is 2.62 bits per heavy atom. The van der Waals surface area contributed by atoms with Crippen LogP contribution < -0.4 is 0 Å². The molecule has 0 aliphatic carbocycles. The lowest BCUT2D eigenvalue weighted by Gasteiger charge is -2.61. The summed E-state index contributed by atoms with van der Waals surface area (Å²) in [6.07, 6.45) is 1.14. The predicted octanol–water partition coefficient (Wildman–Crippen LogP) is 1.22. The van der Waals surface area contributed by atoms with Crippen LogP contribution in [0, 0.1) is 5.92 Å². The average Bonchev–Trinajstić information content (AvgIpc) is 2.92. The number of nitrogens with zero attached hydrogens (tertiary/aromatic N) is 3. The Labute approximate surface area is 156 Å². The van der Waals surface area contributed by atoms with Crippen LogP contribution in [0.4, 0.5) is 0 Å². The molecule has 3 aliphatic heterocycles. The van der Waals surface area contributed by atoms with Crippen molar-refractivity contribution in [3.05, 3.63) is 35.9 Å². The lowest BCUT2D eigenvalue weighted by Crippen LogP contribution is -2.78. The molecule has 0 aromatic heterocycles. The molecule has 1 amide bonds. The van der Waals surface area contributed by atoms with Gasteiger partial charge in [-0.05, 0) is 17.9 Å². The molecule has 3 saturated heterocycles. The zero-order chi connectivity index (χ0) is 18.3. The van der Waals surface area contributed by atoms with Gasteiger partial charge < -0.3 is 10.0 Å². The van der Waals surface area contributed by atoms with Crippen molar-refractivity contribution < 1.29 is 9.90 Å². The fourth-order valence-corrected chi connectivity index (χ4v) is 5.18. The first kappa shape index (κ1) is 18.0. The average molecular weight is 357 g/mol. The van der Waals surface area contributed by atoms with Crippen molar-refractivity contribution in [2.75, 3.05) is 39.3 Å². The molecule has 5 heteroatoms. The number of carbonyl (C=O) groups is 1. The van der Waals surface area contributed by atoms with E-state index >= 15 is 0 Å². The van der Waals surface area contributed by atoms with Crippen LogP contribution >= 0.6 is 0 Å². The topological polar surface area (TPSA) is 47.0 Å². The highest BCUT2D eigenvalue weighted by Gasteiger charge is 2.56. The van der Waals surface area contributed by atoms with E-state index in [4.69, 9.17) is 0 Å². The number of benzene rings is 1. The number of fused-ring (bicyclic) bond motifs is 2. The molecule has 3 fully saturated rings. The molecule has 1 spiro atoms. The predicted molar refractivity (Wildman–Crippen MR) is 102 cm³/mol. The van der Waals surface area contributed by atoms with Crippen LogP contribution in [0.2, 0.25) is 0 Å². The van der Waals surface area contributed by atoms with E-state index in [1.807, 2.05) is 35.2 Å². The van der Waals surface area contributed by atoms with Crippen LogP contribution in [-0.4, -0.2) is 82.7 Å². The summed E-state index contributed by atoms with van der Waals surface area (Å²) < 4.78 is 0. The fraction of sp³-hybridized carbons (Fsp3) is 0.667. The van der Waals surface area contributed by atoms with E-state index in [0.29, 0.717) is 18.4 Å². The fourth-order valence-electron chi connectivity index (χ4n) is 5.18. The molecule has 142 valence electrons. The molecule has 1 N–H and O–H groups in total. The minimum atomic E-state index is -0.218. The lowest BCUT2D eigenvalue weighted by molar-refractivity contribution is -0.156. The van der Waals surface area contributed by atoms with Crippen molar-refractivity contribution >= 4 is 5.91 Å². The zero-order valence-electron chi connectivity index (χ0n) is 16.0. The second-order valence-corrected chi connectivity index (χ2v) is 8.92. The van der Waals surface area contributed by atoms with Crippen molar-refractivity contribution in [2.24, 2.45) is 5.92 Å². The van der Waals surface area contributed by atoms with Crippen LogP contribution in [0.5, 0.6) is 0 Å². The maximum absolute atomic E-state index is 12.7. The third-order valence-corrected chi connectivity index (χ3v) is 6.13. The molecule has 5 nitrogen and oxygen atoms in total. The first-order valence-electron chi connectivity index (χ1n) is 9.94. The van der Waals surface area contributed by atoms with Crippen molar-refractivity contribution in [2.45, 2.75) is 44.4 Å². The largest absolute Gasteiger partial charge is 0.392 e. The molecular weight excluding hydrogens is 326 g/mol. The van der Waals surface area contributed by atoms with Gasteiger partial charge in [-0.2, -0.15) is 0 Å². The Balaban J connectivity index is 1.43. The van der Waals surface area contributed by atoms with E-state index in [2.05, 4.69) is 23.6 Å². The molecule has 0 unspecified atom stereocenters. The molecule has 0 bridgehead atoms.